The summed E-state index contributed by atoms with van der Waals surface area (Å²) in [5.41, 5.74) is -0.747. The summed E-state index contributed by atoms with van der Waals surface area (Å²) in [6.45, 7) is 1.41. The van der Waals surface area contributed by atoms with Crippen LogP contribution in [0.25, 0.3) is 0 Å². The molecule has 32 heavy (non-hydrogen) atoms. The maximum absolute atomic E-state index is 13.5. The second-order valence-electron chi connectivity index (χ2n) is 9.46. The van der Waals surface area contributed by atoms with E-state index in [1.807, 2.05) is 4.90 Å². The molecule has 2 saturated carbocycles. The van der Waals surface area contributed by atoms with Gasteiger partial charge in [-0.05, 0) is 50.3 Å². The molecule has 174 valence electrons. The van der Waals surface area contributed by atoms with E-state index in [1.165, 1.54) is 12.8 Å². The van der Waals surface area contributed by atoms with Gasteiger partial charge in [0.2, 0.25) is 5.91 Å². The Morgan fingerprint density at radius 3 is 2.09 bits per heavy atom. The van der Waals surface area contributed by atoms with E-state index in [0.717, 1.165) is 56.3 Å². The van der Waals surface area contributed by atoms with Crippen molar-refractivity contribution >= 4 is 41.0 Å². The minimum Gasteiger partial charge on any atom is -0.335 e. The van der Waals surface area contributed by atoms with Crippen LogP contribution in [0.15, 0.2) is 18.2 Å². The average Bonchev–Trinajstić information content (AvgIpc) is 3.01. The highest BCUT2D eigenvalue weighted by atomic mass is 35.5. The number of urea groups is 1. The van der Waals surface area contributed by atoms with Gasteiger partial charge in [-0.2, -0.15) is 0 Å². The van der Waals surface area contributed by atoms with Crippen molar-refractivity contribution < 1.29 is 14.4 Å². The van der Waals surface area contributed by atoms with E-state index in [1.54, 1.807) is 25.1 Å². The molecular formula is C24H31Cl2N3O3. The number of carbonyl (C=O) groups excluding carboxylic acids is 3. The first-order valence-electron chi connectivity index (χ1n) is 11.7. The first kappa shape index (κ1) is 23.4. The Balaban J connectivity index is 1.54. The quantitative estimate of drug-likeness (QED) is 0.585. The van der Waals surface area contributed by atoms with Crippen LogP contribution in [-0.2, 0) is 15.1 Å². The molecule has 4 amide bonds. The van der Waals surface area contributed by atoms with Crippen molar-refractivity contribution in [2.45, 2.75) is 88.8 Å². The molecule has 0 spiro atoms. The fourth-order valence-electron chi connectivity index (χ4n) is 5.48. The smallest absolute Gasteiger partial charge is 0.325 e. The zero-order valence-corrected chi connectivity index (χ0v) is 20.1. The third kappa shape index (κ3) is 4.49. The first-order valence-corrected chi connectivity index (χ1v) is 12.5. The van der Waals surface area contributed by atoms with E-state index in [-0.39, 0.29) is 24.5 Å². The zero-order chi connectivity index (χ0) is 22.9. The van der Waals surface area contributed by atoms with Crippen molar-refractivity contribution in [2.75, 3.05) is 6.54 Å². The van der Waals surface area contributed by atoms with Gasteiger partial charge in [-0.1, -0.05) is 67.8 Å². The van der Waals surface area contributed by atoms with Crippen LogP contribution in [0.5, 0.6) is 0 Å². The number of amides is 4. The van der Waals surface area contributed by atoms with Gasteiger partial charge >= 0.3 is 6.03 Å². The van der Waals surface area contributed by atoms with Crippen molar-refractivity contribution in [3.63, 3.8) is 0 Å². The summed E-state index contributed by atoms with van der Waals surface area (Å²) in [5.74, 6) is -0.563. The molecule has 1 unspecified atom stereocenters. The molecule has 2 aliphatic carbocycles. The summed E-state index contributed by atoms with van der Waals surface area (Å²) in [6.07, 6.45) is 10.9. The normalized spacial score (nSPS) is 25.2. The molecule has 1 atom stereocenters. The molecule has 1 aromatic rings. The second-order valence-corrected chi connectivity index (χ2v) is 10.3. The summed E-state index contributed by atoms with van der Waals surface area (Å²) in [4.78, 5) is 42.8. The van der Waals surface area contributed by atoms with E-state index < -0.39 is 17.5 Å². The van der Waals surface area contributed by atoms with Gasteiger partial charge < -0.3 is 10.2 Å². The molecule has 0 radical (unpaired) electrons. The number of benzene rings is 1. The Labute approximate surface area is 199 Å². The van der Waals surface area contributed by atoms with E-state index in [2.05, 4.69) is 5.32 Å². The van der Waals surface area contributed by atoms with Crippen molar-refractivity contribution in [1.29, 1.82) is 0 Å². The fraction of sp³-hybridized carbons (Fsp3) is 0.625. The molecule has 3 aliphatic rings. The predicted octanol–water partition coefficient (Wildman–Crippen LogP) is 5.25. The van der Waals surface area contributed by atoms with Gasteiger partial charge in [0, 0.05) is 12.1 Å². The van der Waals surface area contributed by atoms with Crippen LogP contribution in [0, 0.1) is 0 Å². The van der Waals surface area contributed by atoms with Crippen LogP contribution in [0.1, 0.15) is 76.7 Å². The van der Waals surface area contributed by atoms with Crippen LogP contribution >= 0.6 is 23.2 Å². The standard InChI is InChI=1S/C24H31Cl2N3O3/c1-24(16-12-13-19(25)20(26)14-16)22(31)28(23(32)27-24)15-21(30)29(17-8-4-2-5-9-17)18-10-6-3-7-11-18/h12-14,17-18H,2-11,15H2,1H3,(H,27,32). The van der Waals surface area contributed by atoms with Crippen LogP contribution in [0.3, 0.4) is 0 Å². The van der Waals surface area contributed by atoms with Crippen molar-refractivity contribution in [3.8, 4) is 0 Å². The third-order valence-corrected chi connectivity index (χ3v) is 8.03. The number of rotatable bonds is 5. The highest BCUT2D eigenvalue weighted by molar-refractivity contribution is 6.42. The molecule has 1 aromatic carbocycles. The molecular weight excluding hydrogens is 449 g/mol. The molecule has 1 N–H and O–H groups in total. The highest BCUT2D eigenvalue weighted by Gasteiger charge is 2.50. The molecule has 0 bridgehead atoms. The molecule has 0 aromatic heterocycles. The van der Waals surface area contributed by atoms with Gasteiger partial charge in [-0.3, -0.25) is 14.5 Å². The number of hydrogen-bond donors (Lipinski definition) is 1. The van der Waals surface area contributed by atoms with Crippen LogP contribution in [0.4, 0.5) is 4.79 Å². The molecule has 1 heterocycles. The van der Waals surface area contributed by atoms with E-state index in [0.29, 0.717) is 15.6 Å². The van der Waals surface area contributed by atoms with Crippen molar-refractivity contribution in [2.24, 2.45) is 0 Å². The Morgan fingerprint density at radius 1 is 1.00 bits per heavy atom. The summed E-state index contributed by atoms with van der Waals surface area (Å²) < 4.78 is 0. The van der Waals surface area contributed by atoms with Crippen LogP contribution < -0.4 is 5.32 Å². The summed E-state index contributed by atoms with van der Waals surface area (Å²) in [6, 6.07) is 4.73. The Bertz CT molecular complexity index is 878. The fourth-order valence-corrected chi connectivity index (χ4v) is 5.78. The lowest BCUT2D eigenvalue weighted by Gasteiger charge is -2.42. The molecule has 8 heteroatoms. The monoisotopic (exact) mass is 479 g/mol. The minimum atomic E-state index is -1.29. The molecule has 6 nitrogen and oxygen atoms in total. The first-order chi connectivity index (χ1) is 15.3. The van der Waals surface area contributed by atoms with Gasteiger partial charge in [-0.15, -0.1) is 0 Å². The topological polar surface area (TPSA) is 69.7 Å². The maximum Gasteiger partial charge on any atom is 0.325 e. The Hall–Kier alpha value is -1.79. The van der Waals surface area contributed by atoms with Gasteiger partial charge in [0.05, 0.1) is 10.0 Å². The van der Waals surface area contributed by atoms with Gasteiger partial charge in [-0.25, -0.2) is 4.79 Å². The van der Waals surface area contributed by atoms with E-state index in [9.17, 15) is 14.4 Å². The van der Waals surface area contributed by atoms with E-state index >= 15 is 0 Å². The predicted molar refractivity (Wildman–Crippen MR) is 125 cm³/mol. The number of hydrogen-bond acceptors (Lipinski definition) is 3. The third-order valence-electron chi connectivity index (χ3n) is 7.29. The maximum atomic E-state index is 13.5. The Morgan fingerprint density at radius 2 is 1.56 bits per heavy atom. The molecule has 3 fully saturated rings. The largest absolute Gasteiger partial charge is 0.335 e. The summed E-state index contributed by atoms with van der Waals surface area (Å²) in [7, 11) is 0. The summed E-state index contributed by atoms with van der Waals surface area (Å²) in [5, 5.41) is 3.44. The lowest BCUT2D eigenvalue weighted by Crippen LogP contribution is -2.53. The zero-order valence-electron chi connectivity index (χ0n) is 18.5. The van der Waals surface area contributed by atoms with Crippen molar-refractivity contribution in [3.05, 3.63) is 33.8 Å². The molecule has 1 aliphatic heterocycles. The minimum absolute atomic E-state index is 0.120. The number of nitrogens with zero attached hydrogens (tertiary/aromatic N) is 2. The van der Waals surface area contributed by atoms with E-state index in [4.69, 9.17) is 23.2 Å². The molecule has 1 saturated heterocycles. The van der Waals surface area contributed by atoms with Gasteiger partial charge in [0.15, 0.2) is 0 Å². The number of carbonyl (C=O) groups is 3. The number of imide groups is 1. The SMILES string of the molecule is CC1(c2ccc(Cl)c(Cl)c2)NC(=O)N(CC(=O)N(C2CCCCC2)C2CCCCC2)C1=O. The average molecular weight is 480 g/mol. The molecule has 4 rings (SSSR count). The highest BCUT2D eigenvalue weighted by Crippen LogP contribution is 2.34. The lowest BCUT2D eigenvalue weighted by atomic mass is 9.88. The van der Waals surface area contributed by atoms with Crippen LogP contribution in [-0.4, -0.2) is 46.3 Å². The van der Waals surface area contributed by atoms with Crippen molar-refractivity contribution in [1.82, 2.24) is 15.1 Å². The summed E-state index contributed by atoms with van der Waals surface area (Å²) >= 11 is 12.2. The van der Waals surface area contributed by atoms with Crippen LogP contribution in [0.2, 0.25) is 10.0 Å². The van der Waals surface area contributed by atoms with Gasteiger partial charge in [0.25, 0.3) is 5.91 Å². The Kier molecular flexibility index (Phi) is 7.01. The van der Waals surface area contributed by atoms with Gasteiger partial charge in [0.1, 0.15) is 12.1 Å². The lowest BCUT2D eigenvalue weighted by molar-refractivity contribution is -0.143. The number of nitrogens with one attached hydrogen (secondary N) is 1. The number of halogens is 2. The second kappa shape index (κ2) is 9.60.